The number of benzene rings is 3. The highest BCUT2D eigenvalue weighted by Crippen LogP contribution is 2.34. The van der Waals surface area contributed by atoms with E-state index in [1.807, 2.05) is 18.2 Å². The van der Waals surface area contributed by atoms with E-state index in [2.05, 4.69) is 32.4 Å². The van der Waals surface area contributed by atoms with Crippen molar-refractivity contribution in [3.63, 3.8) is 0 Å². The van der Waals surface area contributed by atoms with Gasteiger partial charge in [0.1, 0.15) is 17.6 Å². The van der Waals surface area contributed by atoms with Crippen LogP contribution in [0.3, 0.4) is 0 Å². The lowest BCUT2D eigenvalue weighted by Crippen LogP contribution is -2.37. The molecule has 0 spiro atoms. The topological polar surface area (TPSA) is 148 Å². The third-order valence-corrected chi connectivity index (χ3v) is 9.46. The van der Waals surface area contributed by atoms with Crippen molar-refractivity contribution in [2.45, 2.75) is 71.4 Å². The molecule has 1 aliphatic carbocycles. The molecule has 0 aliphatic heterocycles. The van der Waals surface area contributed by atoms with Gasteiger partial charge in [-0.05, 0) is 68.9 Å². The fourth-order valence-corrected chi connectivity index (χ4v) is 6.99. The van der Waals surface area contributed by atoms with E-state index in [1.165, 1.54) is 42.8 Å². The number of hydrogen-bond donors (Lipinski definition) is 3. The Morgan fingerprint density at radius 1 is 1.13 bits per heavy atom. The number of nitriles is 1. The van der Waals surface area contributed by atoms with Crippen LogP contribution in [0.25, 0.3) is 10.8 Å². The van der Waals surface area contributed by atoms with Gasteiger partial charge >= 0.3 is 0 Å². The molecule has 0 saturated heterocycles. The zero-order chi connectivity index (χ0) is 33.0. The molecule has 10 nitrogen and oxygen atoms in total. The minimum absolute atomic E-state index is 0.0317. The lowest BCUT2D eigenvalue weighted by atomic mass is 9.84. The Labute approximate surface area is 267 Å². The molecule has 3 N–H and O–H groups in total. The number of nitrogens with one attached hydrogen (secondary N) is 3. The van der Waals surface area contributed by atoms with E-state index >= 15 is 0 Å². The molecule has 4 aromatic rings. The van der Waals surface area contributed by atoms with Crippen LogP contribution in [0.4, 0.5) is 21.5 Å². The standard InChI is InChI=1S/C34H37FN6O4S/c1-21(2)38-33-29(17-36)22(3)30(35)16-31(33)40-46(44,45)20-32(42)41(27-13-14-28-26(15-27)18-37-39-34(28)43)19-23-9-11-25(12-10-23)24-7-5-4-6-8-24/h9-16,18,21,24,38,40H,4-8,19-20H2,1-3H3,(H,39,43). The lowest BCUT2D eigenvalue weighted by molar-refractivity contribution is -0.116. The summed E-state index contributed by atoms with van der Waals surface area (Å²) in [7, 11) is -4.39. The first-order valence-corrected chi connectivity index (χ1v) is 17.0. The number of aromatic amines is 1. The van der Waals surface area contributed by atoms with Gasteiger partial charge in [0.05, 0.1) is 35.1 Å². The van der Waals surface area contributed by atoms with Gasteiger partial charge in [-0.2, -0.15) is 10.4 Å². The van der Waals surface area contributed by atoms with Crippen molar-refractivity contribution in [2.75, 3.05) is 20.7 Å². The van der Waals surface area contributed by atoms with E-state index < -0.39 is 27.5 Å². The SMILES string of the molecule is Cc1c(F)cc(NS(=O)(=O)CC(=O)N(Cc2ccc(C3CCCCC3)cc2)c2ccc3c(=O)[nH]ncc3c2)c(NC(C)C)c1C#N. The van der Waals surface area contributed by atoms with Gasteiger partial charge < -0.3 is 10.2 Å². The maximum atomic E-state index is 14.8. The molecule has 0 bridgehead atoms. The Hall–Kier alpha value is -4.76. The fraction of sp³-hybridized carbons (Fsp3) is 0.353. The van der Waals surface area contributed by atoms with Crippen LogP contribution in [0.1, 0.15) is 74.1 Å². The molecule has 3 aromatic carbocycles. The largest absolute Gasteiger partial charge is 0.380 e. The van der Waals surface area contributed by atoms with Crippen LogP contribution in [0, 0.1) is 24.1 Å². The number of sulfonamides is 1. The Morgan fingerprint density at radius 3 is 2.52 bits per heavy atom. The molecule has 0 unspecified atom stereocenters. The smallest absolute Gasteiger partial charge is 0.272 e. The molecule has 0 atom stereocenters. The third-order valence-electron chi connectivity index (χ3n) is 8.31. The highest BCUT2D eigenvalue weighted by atomic mass is 32.2. The summed E-state index contributed by atoms with van der Waals surface area (Å²) < 4.78 is 44.0. The normalized spacial score (nSPS) is 13.8. The Morgan fingerprint density at radius 2 is 1.85 bits per heavy atom. The number of nitrogens with zero attached hydrogens (tertiary/aromatic N) is 3. The average molecular weight is 645 g/mol. The first-order valence-electron chi connectivity index (χ1n) is 15.3. The van der Waals surface area contributed by atoms with Crippen molar-refractivity contribution in [2.24, 2.45) is 0 Å². The highest BCUT2D eigenvalue weighted by Gasteiger charge is 2.27. The molecule has 1 amide bonds. The molecule has 46 heavy (non-hydrogen) atoms. The second kappa shape index (κ2) is 13.7. The summed E-state index contributed by atoms with van der Waals surface area (Å²) in [5, 5.41) is 19.8. The predicted molar refractivity (Wildman–Crippen MR) is 178 cm³/mol. The van der Waals surface area contributed by atoms with Gasteiger partial charge in [-0.25, -0.2) is 17.9 Å². The number of anilines is 3. The van der Waals surface area contributed by atoms with Gasteiger partial charge in [0.15, 0.2) is 0 Å². The Bertz CT molecular complexity index is 1960. The fourth-order valence-electron chi connectivity index (χ4n) is 5.94. The molecule has 1 fully saturated rings. The van der Waals surface area contributed by atoms with E-state index in [0.29, 0.717) is 22.4 Å². The zero-order valence-electron chi connectivity index (χ0n) is 26.1. The quantitative estimate of drug-likeness (QED) is 0.189. The van der Waals surface area contributed by atoms with Gasteiger partial charge in [0.25, 0.3) is 5.56 Å². The van der Waals surface area contributed by atoms with Crippen molar-refractivity contribution >= 4 is 43.8 Å². The number of amides is 1. The van der Waals surface area contributed by atoms with Crippen molar-refractivity contribution in [1.82, 2.24) is 10.2 Å². The number of carbonyl (C=O) groups is 1. The number of rotatable bonds is 10. The average Bonchev–Trinajstić information content (AvgIpc) is 3.02. The van der Waals surface area contributed by atoms with Gasteiger partial charge in [-0.1, -0.05) is 43.5 Å². The van der Waals surface area contributed by atoms with Gasteiger partial charge in [0.2, 0.25) is 15.9 Å². The minimum atomic E-state index is -4.39. The lowest BCUT2D eigenvalue weighted by Gasteiger charge is -2.25. The number of halogens is 1. The van der Waals surface area contributed by atoms with Gasteiger partial charge in [0, 0.05) is 28.7 Å². The number of H-pyrrole nitrogens is 1. The Balaban J connectivity index is 1.46. The first-order chi connectivity index (χ1) is 22.0. The summed E-state index contributed by atoms with van der Waals surface area (Å²) in [6.45, 7) is 5.11. The van der Waals surface area contributed by atoms with Crippen molar-refractivity contribution in [3.8, 4) is 6.07 Å². The first kappa shape index (κ1) is 32.6. The van der Waals surface area contributed by atoms with E-state index in [9.17, 15) is 27.7 Å². The van der Waals surface area contributed by atoms with Crippen LogP contribution in [-0.2, 0) is 21.4 Å². The van der Waals surface area contributed by atoms with E-state index in [0.717, 1.165) is 24.5 Å². The molecule has 1 saturated carbocycles. The van der Waals surface area contributed by atoms with Crippen molar-refractivity contribution in [1.29, 1.82) is 5.26 Å². The molecule has 5 rings (SSSR count). The van der Waals surface area contributed by atoms with E-state index in [-0.39, 0.29) is 40.6 Å². The van der Waals surface area contributed by atoms with E-state index in [1.54, 1.807) is 32.0 Å². The molecule has 12 heteroatoms. The molecule has 240 valence electrons. The maximum absolute atomic E-state index is 14.8. The molecule has 1 aliphatic rings. The van der Waals surface area contributed by atoms with Gasteiger partial charge in [-0.3, -0.25) is 14.3 Å². The van der Waals surface area contributed by atoms with Crippen LogP contribution < -0.4 is 20.5 Å². The number of aromatic nitrogens is 2. The van der Waals surface area contributed by atoms with Crippen molar-refractivity contribution < 1.29 is 17.6 Å². The van der Waals surface area contributed by atoms with Crippen LogP contribution in [-0.4, -0.2) is 36.3 Å². The number of fused-ring (bicyclic) bond motifs is 1. The monoisotopic (exact) mass is 644 g/mol. The molecule has 0 radical (unpaired) electrons. The number of hydrogen-bond acceptors (Lipinski definition) is 7. The van der Waals surface area contributed by atoms with Crippen LogP contribution >= 0.6 is 0 Å². The molecular weight excluding hydrogens is 607 g/mol. The Kier molecular flexibility index (Phi) is 9.72. The minimum Gasteiger partial charge on any atom is -0.380 e. The van der Waals surface area contributed by atoms with Crippen LogP contribution in [0.15, 0.2) is 59.5 Å². The second-order valence-corrected chi connectivity index (χ2v) is 13.8. The van der Waals surface area contributed by atoms with Crippen LogP contribution in [0.5, 0.6) is 0 Å². The predicted octanol–water partition coefficient (Wildman–Crippen LogP) is 6.09. The van der Waals surface area contributed by atoms with E-state index in [4.69, 9.17) is 0 Å². The summed E-state index contributed by atoms with van der Waals surface area (Å²) >= 11 is 0. The second-order valence-electron chi connectivity index (χ2n) is 12.1. The number of carbonyl (C=O) groups excluding carboxylic acids is 1. The third kappa shape index (κ3) is 7.37. The van der Waals surface area contributed by atoms with Crippen LogP contribution in [0.2, 0.25) is 0 Å². The summed E-state index contributed by atoms with van der Waals surface area (Å²) in [6.07, 6.45) is 7.42. The molecule has 1 heterocycles. The summed E-state index contributed by atoms with van der Waals surface area (Å²) in [5.41, 5.74) is 2.05. The van der Waals surface area contributed by atoms with Gasteiger partial charge in [-0.15, -0.1) is 0 Å². The summed E-state index contributed by atoms with van der Waals surface area (Å²) in [6, 6.07) is 15.6. The highest BCUT2D eigenvalue weighted by molar-refractivity contribution is 7.93. The zero-order valence-corrected chi connectivity index (χ0v) is 26.9. The van der Waals surface area contributed by atoms with Crippen molar-refractivity contribution in [3.05, 3.63) is 93.2 Å². The summed E-state index contributed by atoms with van der Waals surface area (Å²) in [4.78, 5) is 27.5. The summed E-state index contributed by atoms with van der Waals surface area (Å²) in [5.74, 6) is -1.95. The maximum Gasteiger partial charge on any atom is 0.272 e. The molecular formula is C34H37FN6O4S. The molecule has 1 aromatic heterocycles.